The molecule has 1 heterocycles. The number of carbonyl (C=O) groups is 1. The standard InChI is InChI=1S/C14H20N2O2/c1-9(2)13-11(14(17)16(3)4)7-15-8-12(13)18-10-5-6-10/h7-10H,5-6H2,1-4H3. The summed E-state index contributed by atoms with van der Waals surface area (Å²) in [5.41, 5.74) is 1.61. The number of aromatic nitrogens is 1. The van der Waals surface area contributed by atoms with Crippen molar-refractivity contribution in [2.24, 2.45) is 0 Å². The fourth-order valence-corrected chi connectivity index (χ4v) is 1.92. The van der Waals surface area contributed by atoms with E-state index in [4.69, 9.17) is 4.74 Å². The van der Waals surface area contributed by atoms with Crippen molar-refractivity contribution in [1.82, 2.24) is 9.88 Å². The van der Waals surface area contributed by atoms with Gasteiger partial charge in [-0.1, -0.05) is 13.8 Å². The highest BCUT2D eigenvalue weighted by molar-refractivity contribution is 5.95. The number of carbonyl (C=O) groups excluding carboxylic acids is 1. The van der Waals surface area contributed by atoms with E-state index in [-0.39, 0.29) is 11.8 Å². The van der Waals surface area contributed by atoms with E-state index in [0.717, 1.165) is 24.2 Å². The lowest BCUT2D eigenvalue weighted by atomic mass is 9.97. The van der Waals surface area contributed by atoms with Gasteiger partial charge in [-0.2, -0.15) is 0 Å². The minimum Gasteiger partial charge on any atom is -0.488 e. The molecule has 1 aromatic rings. The van der Waals surface area contributed by atoms with E-state index in [9.17, 15) is 4.79 Å². The maximum absolute atomic E-state index is 12.2. The first-order valence-corrected chi connectivity index (χ1v) is 6.37. The topological polar surface area (TPSA) is 42.4 Å². The third-order valence-electron chi connectivity index (χ3n) is 2.98. The van der Waals surface area contributed by atoms with Gasteiger partial charge in [0.25, 0.3) is 5.91 Å². The van der Waals surface area contributed by atoms with Gasteiger partial charge in [0.1, 0.15) is 5.75 Å². The molecule has 0 spiro atoms. The summed E-state index contributed by atoms with van der Waals surface area (Å²) in [6.45, 7) is 4.14. The molecule has 1 aromatic heterocycles. The molecule has 0 atom stereocenters. The molecule has 1 fully saturated rings. The van der Waals surface area contributed by atoms with E-state index in [0.29, 0.717) is 11.7 Å². The highest BCUT2D eigenvalue weighted by atomic mass is 16.5. The van der Waals surface area contributed by atoms with Gasteiger partial charge in [0.15, 0.2) is 0 Å². The fraction of sp³-hybridized carbons (Fsp3) is 0.571. The van der Waals surface area contributed by atoms with Crippen molar-refractivity contribution in [3.05, 3.63) is 23.5 Å². The Morgan fingerprint density at radius 3 is 2.56 bits per heavy atom. The Hall–Kier alpha value is -1.58. The van der Waals surface area contributed by atoms with Crippen molar-refractivity contribution in [2.45, 2.75) is 38.7 Å². The first kappa shape index (κ1) is 12.9. The lowest BCUT2D eigenvalue weighted by Gasteiger charge is -2.19. The van der Waals surface area contributed by atoms with Crippen molar-refractivity contribution >= 4 is 5.91 Å². The second kappa shape index (κ2) is 4.96. The second-order valence-corrected chi connectivity index (χ2v) is 5.27. The summed E-state index contributed by atoms with van der Waals surface area (Å²) in [4.78, 5) is 17.9. The SMILES string of the molecule is CC(C)c1c(OC2CC2)cncc1C(=O)N(C)C. The third-order valence-corrected chi connectivity index (χ3v) is 2.98. The van der Waals surface area contributed by atoms with Gasteiger partial charge in [-0.05, 0) is 18.8 Å². The van der Waals surface area contributed by atoms with Crippen LogP contribution >= 0.6 is 0 Å². The van der Waals surface area contributed by atoms with E-state index < -0.39 is 0 Å². The largest absolute Gasteiger partial charge is 0.488 e. The van der Waals surface area contributed by atoms with Crippen molar-refractivity contribution in [3.8, 4) is 5.75 Å². The van der Waals surface area contributed by atoms with Gasteiger partial charge in [0.05, 0.1) is 17.9 Å². The summed E-state index contributed by atoms with van der Waals surface area (Å²) in [6.07, 6.45) is 5.87. The Labute approximate surface area is 108 Å². The molecule has 0 aromatic carbocycles. The first-order chi connectivity index (χ1) is 8.50. The Morgan fingerprint density at radius 1 is 1.39 bits per heavy atom. The normalized spacial score (nSPS) is 14.7. The van der Waals surface area contributed by atoms with E-state index in [1.54, 1.807) is 31.4 Å². The molecular formula is C14H20N2O2. The number of pyridine rings is 1. The molecule has 0 aliphatic heterocycles. The number of hydrogen-bond acceptors (Lipinski definition) is 3. The zero-order chi connectivity index (χ0) is 13.3. The van der Waals surface area contributed by atoms with Crippen LogP contribution < -0.4 is 4.74 Å². The van der Waals surface area contributed by atoms with Crippen molar-refractivity contribution in [1.29, 1.82) is 0 Å². The highest BCUT2D eigenvalue weighted by Gasteiger charge is 2.27. The molecular weight excluding hydrogens is 228 g/mol. The molecule has 1 saturated carbocycles. The summed E-state index contributed by atoms with van der Waals surface area (Å²) >= 11 is 0. The molecule has 1 amide bonds. The summed E-state index contributed by atoms with van der Waals surface area (Å²) < 4.78 is 5.86. The van der Waals surface area contributed by atoms with Crippen LogP contribution in [0, 0.1) is 0 Å². The molecule has 1 aliphatic rings. The first-order valence-electron chi connectivity index (χ1n) is 6.37. The molecule has 0 saturated heterocycles. The van der Waals surface area contributed by atoms with Crippen molar-refractivity contribution in [3.63, 3.8) is 0 Å². The Balaban J connectivity index is 2.41. The van der Waals surface area contributed by atoms with Crippen LogP contribution in [0.25, 0.3) is 0 Å². The van der Waals surface area contributed by atoms with E-state index in [1.165, 1.54) is 0 Å². The zero-order valence-corrected chi connectivity index (χ0v) is 11.4. The third kappa shape index (κ3) is 2.63. The van der Waals surface area contributed by atoms with Crippen molar-refractivity contribution < 1.29 is 9.53 Å². The van der Waals surface area contributed by atoms with E-state index in [2.05, 4.69) is 18.8 Å². The number of ether oxygens (including phenoxy) is 1. The van der Waals surface area contributed by atoms with Crippen LogP contribution in [0.1, 0.15) is 48.5 Å². The molecule has 0 unspecified atom stereocenters. The van der Waals surface area contributed by atoms with Crippen LogP contribution in [0.5, 0.6) is 5.75 Å². The van der Waals surface area contributed by atoms with Crippen LogP contribution in [0.4, 0.5) is 0 Å². The smallest absolute Gasteiger partial charge is 0.255 e. The lowest BCUT2D eigenvalue weighted by molar-refractivity contribution is 0.0825. The van der Waals surface area contributed by atoms with Gasteiger partial charge in [0, 0.05) is 25.9 Å². The molecule has 4 heteroatoms. The molecule has 0 radical (unpaired) electrons. The molecule has 2 rings (SSSR count). The Bertz CT molecular complexity index is 451. The van der Waals surface area contributed by atoms with Gasteiger partial charge in [-0.25, -0.2) is 0 Å². The van der Waals surface area contributed by atoms with Crippen LogP contribution in [0.3, 0.4) is 0 Å². The van der Waals surface area contributed by atoms with Crippen molar-refractivity contribution in [2.75, 3.05) is 14.1 Å². The number of amides is 1. The molecule has 18 heavy (non-hydrogen) atoms. The zero-order valence-electron chi connectivity index (χ0n) is 11.4. The average Bonchev–Trinajstić information content (AvgIpc) is 3.11. The van der Waals surface area contributed by atoms with Crippen LogP contribution in [0.2, 0.25) is 0 Å². The average molecular weight is 248 g/mol. The minimum atomic E-state index is -0.0209. The Morgan fingerprint density at radius 2 is 2.06 bits per heavy atom. The maximum Gasteiger partial charge on any atom is 0.255 e. The fourth-order valence-electron chi connectivity index (χ4n) is 1.92. The van der Waals surface area contributed by atoms with Gasteiger partial charge in [0.2, 0.25) is 0 Å². The molecule has 0 N–H and O–H groups in total. The number of nitrogens with zero attached hydrogens (tertiary/aromatic N) is 2. The van der Waals surface area contributed by atoms with Crippen LogP contribution in [-0.4, -0.2) is 36.0 Å². The quantitative estimate of drug-likeness (QED) is 0.822. The van der Waals surface area contributed by atoms with Gasteiger partial charge >= 0.3 is 0 Å². The predicted molar refractivity (Wildman–Crippen MR) is 70.0 cm³/mol. The summed E-state index contributed by atoms with van der Waals surface area (Å²) in [7, 11) is 3.50. The summed E-state index contributed by atoms with van der Waals surface area (Å²) in [6, 6.07) is 0. The number of rotatable bonds is 4. The molecule has 4 nitrogen and oxygen atoms in total. The molecule has 1 aliphatic carbocycles. The summed E-state index contributed by atoms with van der Waals surface area (Å²) in [5.74, 6) is 0.980. The van der Waals surface area contributed by atoms with Gasteiger partial charge < -0.3 is 9.64 Å². The monoisotopic (exact) mass is 248 g/mol. The van der Waals surface area contributed by atoms with Gasteiger partial charge in [-0.3, -0.25) is 9.78 Å². The van der Waals surface area contributed by atoms with Crippen LogP contribution in [0.15, 0.2) is 12.4 Å². The minimum absolute atomic E-state index is 0.0209. The van der Waals surface area contributed by atoms with E-state index >= 15 is 0 Å². The maximum atomic E-state index is 12.2. The Kier molecular flexibility index (Phi) is 3.55. The lowest BCUT2D eigenvalue weighted by Crippen LogP contribution is -2.24. The van der Waals surface area contributed by atoms with E-state index in [1.807, 2.05) is 0 Å². The van der Waals surface area contributed by atoms with Crippen LogP contribution in [-0.2, 0) is 0 Å². The van der Waals surface area contributed by atoms with Gasteiger partial charge in [-0.15, -0.1) is 0 Å². The predicted octanol–water partition coefficient (Wildman–Crippen LogP) is 2.45. The molecule has 98 valence electrons. The number of hydrogen-bond donors (Lipinski definition) is 0. The summed E-state index contributed by atoms with van der Waals surface area (Å²) in [5, 5.41) is 0. The molecule has 0 bridgehead atoms. The second-order valence-electron chi connectivity index (χ2n) is 5.27. The highest BCUT2D eigenvalue weighted by Crippen LogP contribution is 2.34.